The summed E-state index contributed by atoms with van der Waals surface area (Å²) in [4.78, 5) is 11.8. The molecule has 118 valence electrons. The molecule has 2 aliphatic rings. The van der Waals surface area contributed by atoms with Crippen LogP contribution in [0.25, 0.3) is 0 Å². The van der Waals surface area contributed by atoms with Crippen molar-refractivity contribution in [2.45, 2.75) is 24.7 Å². The lowest BCUT2D eigenvalue weighted by Crippen LogP contribution is -2.32. The maximum Gasteiger partial charge on any atom is 0.421 e. The monoisotopic (exact) mass is 321 g/mol. The molecule has 1 amide bonds. The second-order valence-corrected chi connectivity index (χ2v) is 7.74. The van der Waals surface area contributed by atoms with Gasteiger partial charge in [-0.15, -0.1) is 0 Å². The Bertz CT molecular complexity index is 693. The standard InChI is InChI=1S/C16H19NO4S/c1-11-2-6-15(7-3-11)22(19,20)17-16(18)21-10-14-9-12-4-5-13(14)8-12/h2-7,12-14H,8-10H2,1H3,(H,17,18). The van der Waals surface area contributed by atoms with E-state index in [9.17, 15) is 13.2 Å². The maximum atomic E-state index is 12.1. The van der Waals surface area contributed by atoms with Gasteiger partial charge in [-0.05, 0) is 43.7 Å². The van der Waals surface area contributed by atoms with Crippen molar-refractivity contribution in [3.05, 3.63) is 42.0 Å². The Hall–Kier alpha value is -1.82. The van der Waals surface area contributed by atoms with Crippen LogP contribution in [0.4, 0.5) is 4.79 Å². The zero-order valence-electron chi connectivity index (χ0n) is 12.4. The number of hydrogen-bond acceptors (Lipinski definition) is 4. The SMILES string of the molecule is Cc1ccc(S(=O)(=O)NC(=O)OCC2CC3C=CC2C3)cc1. The molecule has 1 saturated carbocycles. The largest absolute Gasteiger partial charge is 0.449 e. The normalized spacial score (nSPS) is 26.1. The molecule has 0 spiro atoms. The third kappa shape index (κ3) is 3.16. The predicted octanol–water partition coefficient (Wildman–Crippen LogP) is 2.62. The molecule has 0 aromatic heterocycles. The molecule has 1 aromatic rings. The van der Waals surface area contributed by atoms with Gasteiger partial charge in [0.25, 0.3) is 10.0 Å². The van der Waals surface area contributed by atoms with E-state index in [2.05, 4.69) is 12.2 Å². The molecule has 0 saturated heterocycles. The summed E-state index contributed by atoms with van der Waals surface area (Å²) in [5.41, 5.74) is 0.950. The van der Waals surface area contributed by atoms with Crippen LogP contribution in [0.5, 0.6) is 0 Å². The number of carbonyl (C=O) groups is 1. The highest BCUT2D eigenvalue weighted by molar-refractivity contribution is 7.90. The van der Waals surface area contributed by atoms with Crippen molar-refractivity contribution in [2.24, 2.45) is 17.8 Å². The van der Waals surface area contributed by atoms with Gasteiger partial charge in [-0.25, -0.2) is 17.9 Å². The average Bonchev–Trinajstić information content (AvgIpc) is 3.07. The molecule has 3 unspecified atom stereocenters. The van der Waals surface area contributed by atoms with Gasteiger partial charge >= 0.3 is 6.09 Å². The molecule has 22 heavy (non-hydrogen) atoms. The Kier molecular flexibility index (Phi) is 3.95. The molecular formula is C16H19NO4S. The molecule has 1 aromatic carbocycles. The average molecular weight is 321 g/mol. The van der Waals surface area contributed by atoms with Gasteiger partial charge in [-0.3, -0.25) is 0 Å². The van der Waals surface area contributed by atoms with Crippen molar-refractivity contribution in [1.82, 2.24) is 4.72 Å². The van der Waals surface area contributed by atoms with Gasteiger partial charge in [-0.1, -0.05) is 29.8 Å². The Labute approximate surface area is 130 Å². The van der Waals surface area contributed by atoms with Crippen LogP contribution in [-0.4, -0.2) is 21.1 Å². The lowest BCUT2D eigenvalue weighted by molar-refractivity contribution is 0.126. The molecule has 2 bridgehead atoms. The first kappa shape index (κ1) is 15.1. The third-order valence-corrected chi connectivity index (χ3v) is 5.72. The van der Waals surface area contributed by atoms with Gasteiger partial charge in [0, 0.05) is 5.92 Å². The number of rotatable bonds is 4. The molecule has 2 aliphatic carbocycles. The van der Waals surface area contributed by atoms with E-state index in [-0.39, 0.29) is 11.5 Å². The Morgan fingerprint density at radius 3 is 2.55 bits per heavy atom. The van der Waals surface area contributed by atoms with Crippen LogP contribution in [0, 0.1) is 24.7 Å². The Balaban J connectivity index is 1.55. The molecule has 3 rings (SSSR count). The van der Waals surface area contributed by atoms with E-state index >= 15 is 0 Å². The number of sulfonamides is 1. The number of fused-ring (bicyclic) bond motifs is 2. The van der Waals surface area contributed by atoms with Gasteiger partial charge in [-0.2, -0.15) is 0 Å². The van der Waals surface area contributed by atoms with Crippen LogP contribution >= 0.6 is 0 Å². The smallest absolute Gasteiger partial charge is 0.421 e. The Morgan fingerprint density at radius 2 is 1.95 bits per heavy atom. The highest BCUT2D eigenvalue weighted by Crippen LogP contribution is 2.43. The van der Waals surface area contributed by atoms with Crippen LogP contribution < -0.4 is 4.72 Å². The second kappa shape index (κ2) is 5.76. The number of allylic oxidation sites excluding steroid dienone is 2. The van der Waals surface area contributed by atoms with E-state index in [1.165, 1.54) is 12.1 Å². The van der Waals surface area contributed by atoms with Crippen LogP contribution in [0.2, 0.25) is 0 Å². The van der Waals surface area contributed by atoms with Crippen molar-refractivity contribution >= 4 is 16.1 Å². The highest BCUT2D eigenvalue weighted by atomic mass is 32.2. The van der Waals surface area contributed by atoms with Crippen molar-refractivity contribution in [3.8, 4) is 0 Å². The van der Waals surface area contributed by atoms with E-state index in [4.69, 9.17) is 4.74 Å². The fourth-order valence-corrected chi connectivity index (χ4v) is 4.08. The molecule has 0 heterocycles. The number of carbonyl (C=O) groups excluding carboxylic acids is 1. The minimum atomic E-state index is -3.87. The topological polar surface area (TPSA) is 72.5 Å². The van der Waals surface area contributed by atoms with Gasteiger partial charge in [0.1, 0.15) is 0 Å². The summed E-state index contributed by atoms with van der Waals surface area (Å²) in [6, 6.07) is 6.29. The van der Waals surface area contributed by atoms with Crippen LogP contribution in [0.1, 0.15) is 18.4 Å². The number of aryl methyl sites for hydroxylation is 1. The molecule has 3 atom stereocenters. The van der Waals surface area contributed by atoms with Gasteiger partial charge in [0.15, 0.2) is 0 Å². The maximum absolute atomic E-state index is 12.1. The van der Waals surface area contributed by atoms with Crippen molar-refractivity contribution in [2.75, 3.05) is 6.61 Å². The van der Waals surface area contributed by atoms with Crippen LogP contribution in [-0.2, 0) is 14.8 Å². The van der Waals surface area contributed by atoms with Crippen LogP contribution in [0.15, 0.2) is 41.3 Å². The quantitative estimate of drug-likeness (QED) is 0.865. The lowest BCUT2D eigenvalue weighted by atomic mass is 9.95. The molecule has 5 nitrogen and oxygen atoms in total. The van der Waals surface area contributed by atoms with Gasteiger partial charge < -0.3 is 4.74 Å². The zero-order valence-corrected chi connectivity index (χ0v) is 13.2. The van der Waals surface area contributed by atoms with Gasteiger partial charge in [0.05, 0.1) is 11.5 Å². The highest BCUT2D eigenvalue weighted by Gasteiger charge is 2.36. The van der Waals surface area contributed by atoms with E-state index in [1.807, 2.05) is 11.6 Å². The van der Waals surface area contributed by atoms with Crippen molar-refractivity contribution in [3.63, 3.8) is 0 Å². The first-order chi connectivity index (χ1) is 10.4. The van der Waals surface area contributed by atoms with Crippen molar-refractivity contribution < 1.29 is 17.9 Å². The fourth-order valence-electron chi connectivity index (χ4n) is 3.18. The number of ether oxygens (including phenoxy) is 1. The van der Waals surface area contributed by atoms with E-state index < -0.39 is 16.1 Å². The summed E-state index contributed by atoms with van der Waals surface area (Å²) in [5, 5.41) is 0. The number of amides is 1. The summed E-state index contributed by atoms with van der Waals surface area (Å²) < 4.78 is 31.2. The summed E-state index contributed by atoms with van der Waals surface area (Å²) in [5.74, 6) is 1.37. The molecule has 0 aliphatic heterocycles. The lowest BCUT2D eigenvalue weighted by Gasteiger charge is -2.17. The fraction of sp³-hybridized carbons (Fsp3) is 0.438. The predicted molar refractivity (Wildman–Crippen MR) is 81.7 cm³/mol. The molecule has 0 radical (unpaired) electrons. The van der Waals surface area contributed by atoms with E-state index in [0.717, 1.165) is 18.4 Å². The van der Waals surface area contributed by atoms with E-state index in [1.54, 1.807) is 12.1 Å². The molecule has 1 fully saturated rings. The summed E-state index contributed by atoms with van der Waals surface area (Å²) in [6.45, 7) is 2.13. The first-order valence-corrected chi connectivity index (χ1v) is 8.87. The number of hydrogen-bond donors (Lipinski definition) is 1. The van der Waals surface area contributed by atoms with Gasteiger partial charge in [0.2, 0.25) is 0 Å². The summed E-state index contributed by atoms with van der Waals surface area (Å²) >= 11 is 0. The van der Waals surface area contributed by atoms with Crippen LogP contribution in [0.3, 0.4) is 0 Å². The second-order valence-electron chi connectivity index (χ2n) is 6.06. The zero-order chi connectivity index (χ0) is 15.7. The number of benzene rings is 1. The molecular weight excluding hydrogens is 302 g/mol. The van der Waals surface area contributed by atoms with Crippen molar-refractivity contribution in [1.29, 1.82) is 0 Å². The molecule has 1 N–H and O–H groups in total. The summed E-state index contributed by atoms with van der Waals surface area (Å²) in [7, 11) is -3.87. The van der Waals surface area contributed by atoms with E-state index in [0.29, 0.717) is 17.8 Å². The third-order valence-electron chi connectivity index (χ3n) is 4.39. The summed E-state index contributed by atoms with van der Waals surface area (Å²) in [6.07, 6.45) is 5.61. The minimum Gasteiger partial charge on any atom is -0.449 e. The minimum absolute atomic E-state index is 0.0536. The molecule has 6 heteroatoms. The number of nitrogens with one attached hydrogen (secondary N) is 1. The first-order valence-electron chi connectivity index (χ1n) is 7.38. The Morgan fingerprint density at radius 1 is 1.23 bits per heavy atom.